The Labute approximate surface area is 69.1 Å². The fraction of sp³-hybridized carbons (Fsp3) is 0.857. The van der Waals surface area contributed by atoms with Crippen LogP contribution in [0.15, 0.2) is 0 Å². The van der Waals surface area contributed by atoms with E-state index < -0.39 is 24.5 Å². The number of rotatable bonds is 1. The first kappa shape index (κ1) is 9.38. The third kappa shape index (κ3) is 2.14. The molecule has 70 valence electrons. The summed E-state index contributed by atoms with van der Waals surface area (Å²) in [6.45, 7) is -0.438. The van der Waals surface area contributed by atoms with Gasteiger partial charge < -0.3 is 4.74 Å². The summed E-state index contributed by atoms with van der Waals surface area (Å²) < 4.78 is 29.5. The molecule has 0 radical (unpaired) electrons. The number of esters is 1. The summed E-state index contributed by atoms with van der Waals surface area (Å²) in [5, 5.41) is 2.44. The molecule has 1 rings (SSSR count). The molecule has 1 aliphatic heterocycles. The van der Waals surface area contributed by atoms with Gasteiger partial charge in [0.05, 0.1) is 13.7 Å². The van der Waals surface area contributed by atoms with Crippen molar-refractivity contribution in [3.63, 3.8) is 0 Å². The Kier molecular flexibility index (Phi) is 2.62. The summed E-state index contributed by atoms with van der Waals surface area (Å²) in [5.41, 5.74) is 0. The van der Waals surface area contributed by atoms with Crippen LogP contribution in [0.25, 0.3) is 0 Å². The van der Waals surface area contributed by atoms with Crippen LogP contribution >= 0.6 is 0 Å². The van der Waals surface area contributed by atoms with Crippen molar-refractivity contribution in [2.45, 2.75) is 24.8 Å². The number of carbonyl (C=O) groups excluding carboxylic acids is 1. The van der Waals surface area contributed by atoms with Crippen molar-refractivity contribution in [2.24, 2.45) is 0 Å². The zero-order valence-corrected chi connectivity index (χ0v) is 6.77. The lowest BCUT2D eigenvalue weighted by Gasteiger charge is -2.27. The molecule has 1 heterocycles. The maximum atomic E-state index is 12.5. The van der Waals surface area contributed by atoms with E-state index in [2.05, 4.69) is 10.1 Å². The molecule has 0 amide bonds. The Morgan fingerprint density at radius 2 is 2.33 bits per heavy atom. The van der Waals surface area contributed by atoms with Crippen LogP contribution in [0.1, 0.15) is 12.8 Å². The lowest BCUT2D eigenvalue weighted by molar-refractivity contribution is -0.145. The monoisotopic (exact) mass is 179 g/mol. The highest BCUT2D eigenvalue weighted by Gasteiger charge is 2.37. The number of hydrogen-bond acceptors (Lipinski definition) is 3. The number of methoxy groups -OCH3 is 1. The van der Waals surface area contributed by atoms with E-state index in [1.165, 1.54) is 7.11 Å². The minimum atomic E-state index is -2.68. The van der Waals surface area contributed by atoms with Gasteiger partial charge in [-0.2, -0.15) is 0 Å². The van der Waals surface area contributed by atoms with Gasteiger partial charge in [-0.1, -0.05) is 0 Å². The third-order valence-corrected chi connectivity index (χ3v) is 1.89. The topological polar surface area (TPSA) is 38.3 Å². The van der Waals surface area contributed by atoms with E-state index in [-0.39, 0.29) is 12.8 Å². The van der Waals surface area contributed by atoms with Gasteiger partial charge in [-0.05, 0) is 6.42 Å². The molecule has 0 spiro atoms. The molecule has 1 atom stereocenters. The van der Waals surface area contributed by atoms with Gasteiger partial charge in [0.2, 0.25) is 0 Å². The van der Waals surface area contributed by atoms with Gasteiger partial charge >= 0.3 is 5.97 Å². The summed E-state index contributed by atoms with van der Waals surface area (Å²) in [6, 6.07) is -0.561. The number of nitrogens with one attached hydrogen (secondary N) is 1. The normalized spacial score (nSPS) is 28.1. The smallest absolute Gasteiger partial charge is 0.322 e. The first-order valence-electron chi connectivity index (χ1n) is 3.74. The molecule has 1 aliphatic rings. The lowest BCUT2D eigenvalue weighted by atomic mass is 10.0. The number of halogens is 2. The maximum Gasteiger partial charge on any atom is 0.322 e. The van der Waals surface area contributed by atoms with Crippen molar-refractivity contribution in [3.05, 3.63) is 0 Å². The molecule has 0 aromatic carbocycles. The van der Waals surface area contributed by atoms with Crippen molar-refractivity contribution in [3.8, 4) is 0 Å². The summed E-state index contributed by atoms with van der Waals surface area (Å²) in [7, 11) is 1.25. The number of ether oxygens (including phenoxy) is 1. The summed E-state index contributed by atoms with van der Waals surface area (Å²) >= 11 is 0. The van der Waals surface area contributed by atoms with E-state index in [0.29, 0.717) is 0 Å². The van der Waals surface area contributed by atoms with E-state index in [9.17, 15) is 13.6 Å². The SMILES string of the molecule is COC(=O)C1CCC(F)(F)CN1. The Balaban J connectivity index is 2.41. The Hall–Kier alpha value is -0.710. The molecule has 1 unspecified atom stereocenters. The molecule has 1 saturated heterocycles. The zero-order valence-electron chi connectivity index (χ0n) is 6.77. The summed E-state index contributed by atoms with van der Waals surface area (Å²) in [5.74, 6) is -3.14. The summed E-state index contributed by atoms with van der Waals surface area (Å²) in [4.78, 5) is 10.8. The van der Waals surface area contributed by atoms with Gasteiger partial charge in [-0.15, -0.1) is 0 Å². The van der Waals surface area contributed by atoms with Gasteiger partial charge in [0.1, 0.15) is 6.04 Å². The maximum absolute atomic E-state index is 12.5. The molecular formula is C7H11F2NO2. The first-order chi connectivity index (χ1) is 5.55. The minimum Gasteiger partial charge on any atom is -0.468 e. The van der Waals surface area contributed by atoms with Crippen LogP contribution in [0.5, 0.6) is 0 Å². The van der Waals surface area contributed by atoms with E-state index in [0.717, 1.165) is 0 Å². The van der Waals surface area contributed by atoms with Crippen LogP contribution in [0.4, 0.5) is 8.78 Å². The van der Waals surface area contributed by atoms with Crippen LogP contribution in [0.2, 0.25) is 0 Å². The van der Waals surface area contributed by atoms with Gasteiger partial charge in [-0.25, -0.2) is 8.78 Å². The van der Waals surface area contributed by atoms with Gasteiger partial charge in [0.25, 0.3) is 5.92 Å². The predicted octanol–water partition coefficient (Wildman–Crippen LogP) is 0.547. The van der Waals surface area contributed by atoms with E-state index in [4.69, 9.17) is 0 Å². The zero-order chi connectivity index (χ0) is 9.19. The Bertz CT molecular complexity index is 174. The molecule has 0 aliphatic carbocycles. The molecule has 0 saturated carbocycles. The highest BCUT2D eigenvalue weighted by Crippen LogP contribution is 2.24. The third-order valence-electron chi connectivity index (χ3n) is 1.89. The van der Waals surface area contributed by atoms with E-state index in [1.807, 2.05) is 0 Å². The molecule has 3 nitrogen and oxygen atoms in total. The second-order valence-corrected chi connectivity index (χ2v) is 2.85. The van der Waals surface area contributed by atoms with Crippen LogP contribution in [0.3, 0.4) is 0 Å². The fourth-order valence-corrected chi connectivity index (χ4v) is 1.16. The van der Waals surface area contributed by atoms with Gasteiger partial charge in [-0.3, -0.25) is 10.1 Å². The molecule has 0 aromatic heterocycles. The largest absolute Gasteiger partial charge is 0.468 e. The Morgan fingerprint density at radius 3 is 2.75 bits per heavy atom. The van der Waals surface area contributed by atoms with Crippen LogP contribution in [0, 0.1) is 0 Å². The molecular weight excluding hydrogens is 168 g/mol. The van der Waals surface area contributed by atoms with Gasteiger partial charge in [0, 0.05) is 6.42 Å². The van der Waals surface area contributed by atoms with Gasteiger partial charge in [0.15, 0.2) is 0 Å². The van der Waals surface area contributed by atoms with Crippen LogP contribution in [-0.2, 0) is 9.53 Å². The number of alkyl halides is 2. The number of hydrogen-bond donors (Lipinski definition) is 1. The van der Waals surface area contributed by atoms with Crippen molar-refractivity contribution in [1.82, 2.24) is 5.32 Å². The quantitative estimate of drug-likeness (QED) is 0.597. The van der Waals surface area contributed by atoms with Crippen molar-refractivity contribution in [1.29, 1.82) is 0 Å². The minimum absolute atomic E-state index is 0.139. The highest BCUT2D eigenvalue weighted by atomic mass is 19.3. The summed E-state index contributed by atoms with van der Waals surface area (Å²) in [6.07, 6.45) is -0.112. The lowest BCUT2D eigenvalue weighted by Crippen LogP contribution is -2.49. The first-order valence-corrected chi connectivity index (χ1v) is 3.74. The molecule has 1 N–H and O–H groups in total. The number of piperidine rings is 1. The van der Waals surface area contributed by atoms with Crippen molar-refractivity contribution in [2.75, 3.05) is 13.7 Å². The average Bonchev–Trinajstić information content (AvgIpc) is 2.03. The molecule has 0 bridgehead atoms. The predicted molar refractivity (Wildman–Crippen MR) is 38.0 cm³/mol. The Morgan fingerprint density at radius 1 is 1.67 bits per heavy atom. The highest BCUT2D eigenvalue weighted by molar-refractivity contribution is 5.75. The van der Waals surface area contributed by atoms with Crippen LogP contribution in [-0.4, -0.2) is 31.6 Å². The molecule has 5 heteroatoms. The van der Waals surface area contributed by atoms with E-state index in [1.54, 1.807) is 0 Å². The molecule has 1 fully saturated rings. The molecule has 12 heavy (non-hydrogen) atoms. The fourth-order valence-electron chi connectivity index (χ4n) is 1.16. The second-order valence-electron chi connectivity index (χ2n) is 2.85. The van der Waals surface area contributed by atoms with E-state index >= 15 is 0 Å². The average molecular weight is 179 g/mol. The second kappa shape index (κ2) is 3.35. The van der Waals surface area contributed by atoms with Crippen LogP contribution < -0.4 is 5.32 Å². The van der Waals surface area contributed by atoms with Crippen molar-refractivity contribution >= 4 is 5.97 Å². The number of carbonyl (C=O) groups is 1. The van der Waals surface area contributed by atoms with Crippen molar-refractivity contribution < 1.29 is 18.3 Å². The molecule has 0 aromatic rings. The standard InChI is InChI=1S/C7H11F2NO2/c1-12-6(11)5-2-3-7(8,9)4-10-5/h5,10H,2-4H2,1H3.